The van der Waals surface area contributed by atoms with Gasteiger partial charge in [-0.1, -0.05) is 97.1 Å². The fourth-order valence-electron chi connectivity index (χ4n) is 6.58. The van der Waals surface area contributed by atoms with Crippen LogP contribution in [0.1, 0.15) is 58.2 Å². The average Bonchev–Trinajstić information content (AvgIpc) is 3.18. The first-order chi connectivity index (χ1) is 27.0. The highest BCUT2D eigenvalue weighted by molar-refractivity contribution is 5.90. The Hall–Kier alpha value is -5.49. The maximum atomic E-state index is 14.9. The van der Waals surface area contributed by atoms with Gasteiger partial charge in [-0.25, -0.2) is 10.3 Å². The van der Waals surface area contributed by atoms with Gasteiger partial charge in [0.15, 0.2) is 12.9 Å². The first kappa shape index (κ1) is 41.7. The smallest absolute Gasteiger partial charge is 0.338 e. The van der Waals surface area contributed by atoms with Crippen LogP contribution in [0.5, 0.6) is 5.75 Å². The summed E-state index contributed by atoms with van der Waals surface area (Å²) in [5.41, 5.74) is 4.59. The number of ether oxygens (including phenoxy) is 3. The van der Waals surface area contributed by atoms with E-state index >= 15 is 0 Å². The van der Waals surface area contributed by atoms with Gasteiger partial charge in [-0.15, -0.1) is 0 Å². The van der Waals surface area contributed by atoms with E-state index in [-0.39, 0.29) is 31.0 Å². The molecule has 0 fully saturated rings. The van der Waals surface area contributed by atoms with Crippen molar-refractivity contribution in [1.29, 1.82) is 0 Å². The van der Waals surface area contributed by atoms with Crippen molar-refractivity contribution in [3.05, 3.63) is 126 Å². The molecule has 0 radical (unpaired) electrons. The number of fused-ring (bicyclic) bond motifs is 2. The van der Waals surface area contributed by atoms with Crippen LogP contribution < -0.4 is 20.9 Å². The summed E-state index contributed by atoms with van der Waals surface area (Å²) in [5.74, 6) is -0.234. The number of nitrogens with one attached hydrogen (secondary N) is 3. The number of amides is 4. The fraction of sp³-hybridized carbons (Fsp3) is 0.356. The number of carbonyl (C=O) groups is 3. The van der Waals surface area contributed by atoms with Crippen molar-refractivity contribution in [2.75, 3.05) is 19.8 Å². The Morgan fingerprint density at radius 2 is 1.30 bits per heavy atom. The maximum Gasteiger partial charge on any atom is 0.338 e. The lowest BCUT2D eigenvalue weighted by atomic mass is 10.0. The zero-order chi connectivity index (χ0) is 40.1. The first-order valence-electron chi connectivity index (χ1n) is 19.2. The van der Waals surface area contributed by atoms with E-state index in [1.54, 1.807) is 4.90 Å². The molecule has 5 aromatic carbocycles. The number of rotatable bonds is 18. The van der Waals surface area contributed by atoms with E-state index in [9.17, 15) is 14.4 Å². The predicted molar refractivity (Wildman–Crippen MR) is 219 cm³/mol. The molecule has 0 aliphatic rings. The Kier molecular flexibility index (Phi) is 14.8. The molecule has 0 unspecified atom stereocenters. The third-order valence-electron chi connectivity index (χ3n) is 9.16. The maximum absolute atomic E-state index is 14.9. The summed E-state index contributed by atoms with van der Waals surface area (Å²) in [6.45, 7) is 12.3. The van der Waals surface area contributed by atoms with E-state index in [1.165, 1.54) is 0 Å². The minimum Gasteiger partial charge on any atom is -0.488 e. The second-order valence-electron chi connectivity index (χ2n) is 14.5. The molecule has 0 heterocycles. The van der Waals surface area contributed by atoms with Crippen molar-refractivity contribution in [1.82, 2.24) is 21.0 Å². The van der Waals surface area contributed by atoms with Gasteiger partial charge < -0.3 is 29.7 Å². The second-order valence-corrected chi connectivity index (χ2v) is 14.5. The normalized spacial score (nSPS) is 12.6. The molecule has 11 heteroatoms. The van der Waals surface area contributed by atoms with Crippen LogP contribution in [0.4, 0.5) is 4.79 Å². The molecule has 0 spiro atoms. The van der Waals surface area contributed by atoms with Crippen molar-refractivity contribution < 1.29 is 33.4 Å². The summed E-state index contributed by atoms with van der Waals surface area (Å²) in [5, 5.41) is 9.81. The Morgan fingerprint density at radius 3 is 1.91 bits per heavy atom. The first-order valence-corrected chi connectivity index (χ1v) is 19.2. The van der Waals surface area contributed by atoms with Gasteiger partial charge >= 0.3 is 6.03 Å². The minimum absolute atomic E-state index is 0.173. The molecular formula is C45H54N4O7. The lowest BCUT2D eigenvalue weighted by Crippen LogP contribution is -2.55. The fourth-order valence-corrected chi connectivity index (χ4v) is 6.58. The lowest BCUT2D eigenvalue weighted by molar-refractivity contribution is -0.179. The van der Waals surface area contributed by atoms with Gasteiger partial charge in [0.1, 0.15) is 17.4 Å². The Bertz CT molecular complexity index is 2050. The van der Waals surface area contributed by atoms with Crippen molar-refractivity contribution in [2.45, 2.75) is 85.0 Å². The van der Waals surface area contributed by atoms with E-state index < -0.39 is 36.9 Å². The number of carbonyl (C=O) groups excluding carboxylic acids is 3. The summed E-state index contributed by atoms with van der Waals surface area (Å²) in [4.78, 5) is 48.0. The monoisotopic (exact) mass is 762 g/mol. The standard InChI is InChI=1S/C45H54N4O7/c1-7-53-43(54-8-2)31(3)49(29-36-20-14-18-34-16-10-12-22-39(34)36)42(51)40(27-32-23-25-37(26-24-32)56-45(4,5)6)47-41(50)30-55-48-44(52)46-28-35-19-13-17-33-15-9-11-21-38(33)35/h9-26,31,40,43H,7-8,27-30H2,1-6H3,(H,47,50)(H2,46,48,52)/t31-,40-/m0/s1. The van der Waals surface area contributed by atoms with Gasteiger partial charge in [-0.2, -0.15) is 0 Å². The van der Waals surface area contributed by atoms with Gasteiger partial charge in [-0.3, -0.25) is 14.4 Å². The van der Waals surface area contributed by atoms with Crippen LogP contribution in [-0.4, -0.2) is 66.5 Å². The molecule has 5 rings (SSSR count). The van der Waals surface area contributed by atoms with Gasteiger partial charge in [0.05, 0.1) is 6.04 Å². The minimum atomic E-state index is -1.01. The lowest BCUT2D eigenvalue weighted by Gasteiger charge is -2.37. The van der Waals surface area contributed by atoms with Crippen LogP contribution in [0.2, 0.25) is 0 Å². The van der Waals surface area contributed by atoms with Gasteiger partial charge in [-0.05, 0) is 91.9 Å². The summed E-state index contributed by atoms with van der Waals surface area (Å²) < 4.78 is 18.0. The third kappa shape index (κ3) is 11.8. The Labute approximate surface area is 329 Å². The molecule has 296 valence electrons. The predicted octanol–water partition coefficient (Wildman–Crippen LogP) is 7.45. The SMILES string of the molecule is CCOC(OCC)[C@H](C)N(Cc1cccc2ccccc12)C(=O)[C@H](Cc1ccc(OC(C)(C)C)cc1)NC(=O)CONC(=O)NCc1cccc2ccccc12. The topological polar surface area (TPSA) is 127 Å². The largest absolute Gasteiger partial charge is 0.488 e. The van der Waals surface area contributed by atoms with Crippen LogP contribution in [0.3, 0.4) is 0 Å². The van der Waals surface area contributed by atoms with Crippen molar-refractivity contribution in [2.24, 2.45) is 0 Å². The van der Waals surface area contributed by atoms with Crippen LogP contribution >= 0.6 is 0 Å². The average molecular weight is 763 g/mol. The van der Waals surface area contributed by atoms with E-state index in [1.807, 2.05) is 151 Å². The molecule has 2 atom stereocenters. The zero-order valence-electron chi connectivity index (χ0n) is 33.2. The van der Waals surface area contributed by atoms with Crippen molar-refractivity contribution in [3.63, 3.8) is 0 Å². The van der Waals surface area contributed by atoms with Crippen LogP contribution in [0.15, 0.2) is 109 Å². The highest BCUT2D eigenvalue weighted by atomic mass is 16.7. The van der Waals surface area contributed by atoms with Crippen molar-refractivity contribution >= 4 is 39.4 Å². The molecular weight excluding hydrogens is 709 g/mol. The van der Waals surface area contributed by atoms with Gasteiger partial charge in [0.25, 0.3) is 0 Å². The number of nitrogens with zero attached hydrogens (tertiary/aromatic N) is 1. The Morgan fingerprint density at radius 1 is 0.732 bits per heavy atom. The highest BCUT2D eigenvalue weighted by Gasteiger charge is 2.34. The molecule has 0 bridgehead atoms. The molecule has 11 nitrogen and oxygen atoms in total. The molecule has 0 saturated carbocycles. The zero-order valence-corrected chi connectivity index (χ0v) is 33.2. The van der Waals surface area contributed by atoms with Crippen LogP contribution in [0.25, 0.3) is 21.5 Å². The molecule has 4 amide bonds. The van der Waals surface area contributed by atoms with Crippen molar-refractivity contribution in [3.8, 4) is 5.75 Å². The second kappa shape index (κ2) is 19.9. The molecule has 0 saturated heterocycles. The number of benzene rings is 5. The molecule has 5 aromatic rings. The van der Waals surface area contributed by atoms with Crippen LogP contribution in [0, 0.1) is 0 Å². The van der Waals surface area contributed by atoms with E-state index in [2.05, 4.69) is 16.1 Å². The molecule has 3 N–H and O–H groups in total. The summed E-state index contributed by atoms with van der Waals surface area (Å²) in [6, 6.07) is 33.1. The molecule has 0 aliphatic heterocycles. The van der Waals surface area contributed by atoms with E-state index in [0.29, 0.717) is 19.0 Å². The number of hydroxylamine groups is 1. The summed E-state index contributed by atoms with van der Waals surface area (Å²) in [7, 11) is 0. The third-order valence-corrected chi connectivity index (χ3v) is 9.16. The molecule has 0 aliphatic carbocycles. The number of hydrogen-bond acceptors (Lipinski definition) is 7. The number of hydrogen-bond donors (Lipinski definition) is 3. The van der Waals surface area contributed by atoms with Gasteiger partial charge in [0, 0.05) is 32.7 Å². The van der Waals surface area contributed by atoms with Gasteiger partial charge in [0.2, 0.25) is 11.8 Å². The Balaban J connectivity index is 1.34. The quantitative estimate of drug-likeness (QED) is 0.0626. The van der Waals surface area contributed by atoms with E-state index in [4.69, 9.17) is 19.0 Å². The highest BCUT2D eigenvalue weighted by Crippen LogP contribution is 2.25. The van der Waals surface area contributed by atoms with Crippen LogP contribution in [-0.2, 0) is 43.4 Å². The molecule has 56 heavy (non-hydrogen) atoms. The summed E-state index contributed by atoms with van der Waals surface area (Å²) in [6.07, 6.45) is -0.541. The number of urea groups is 1. The summed E-state index contributed by atoms with van der Waals surface area (Å²) >= 11 is 0. The van der Waals surface area contributed by atoms with E-state index in [0.717, 1.165) is 38.2 Å². The molecule has 0 aromatic heterocycles.